The van der Waals surface area contributed by atoms with Crippen molar-refractivity contribution in [3.8, 4) is 0 Å². The fourth-order valence-corrected chi connectivity index (χ4v) is 1.03. The molecule has 1 rings (SSSR count). The van der Waals surface area contributed by atoms with Gasteiger partial charge in [-0.3, -0.25) is 4.74 Å². The summed E-state index contributed by atoms with van der Waals surface area (Å²) < 4.78 is 38.4. The van der Waals surface area contributed by atoms with Crippen LogP contribution < -0.4 is 5.73 Å². The van der Waals surface area contributed by atoms with Crippen molar-refractivity contribution in [2.24, 2.45) is 0 Å². The Morgan fingerprint density at radius 3 is 2.57 bits per heavy atom. The first-order valence-electron chi connectivity index (χ1n) is 4.02. The molecule has 0 aromatic heterocycles. The maximum Gasteiger partial charge on any atom is 0.522 e. The number of hydrogen-bond donors (Lipinski definition) is 1. The quantitative estimate of drug-likeness (QED) is 0.768. The topological polar surface area (TPSA) is 35.2 Å². The molecule has 1 aromatic rings. The van der Waals surface area contributed by atoms with E-state index in [4.69, 9.17) is 5.73 Å². The Morgan fingerprint density at radius 1 is 1.29 bits per heavy atom. The van der Waals surface area contributed by atoms with Gasteiger partial charge in [-0.05, 0) is 24.1 Å². The summed E-state index contributed by atoms with van der Waals surface area (Å²) in [6.45, 7) is -0.382. The van der Waals surface area contributed by atoms with Crippen molar-refractivity contribution in [1.29, 1.82) is 0 Å². The van der Waals surface area contributed by atoms with Crippen LogP contribution in [0.5, 0.6) is 0 Å². The van der Waals surface area contributed by atoms with E-state index >= 15 is 0 Å². The van der Waals surface area contributed by atoms with Gasteiger partial charge in [0.1, 0.15) is 0 Å². The number of nitrogens with two attached hydrogens (primary N) is 1. The molecule has 0 saturated carbocycles. The Bertz CT molecular complexity index is 298. The molecule has 0 aliphatic carbocycles. The molecule has 0 aliphatic rings. The second-order valence-corrected chi connectivity index (χ2v) is 2.79. The van der Waals surface area contributed by atoms with Gasteiger partial charge >= 0.3 is 6.36 Å². The molecule has 0 radical (unpaired) electrons. The minimum Gasteiger partial charge on any atom is -0.399 e. The summed E-state index contributed by atoms with van der Waals surface area (Å²) in [4.78, 5) is 0. The van der Waals surface area contributed by atoms with Crippen LogP contribution in [0.4, 0.5) is 18.9 Å². The molecule has 0 heterocycles. The van der Waals surface area contributed by atoms with Crippen molar-refractivity contribution in [1.82, 2.24) is 0 Å². The number of anilines is 1. The number of alkyl halides is 3. The monoisotopic (exact) mass is 205 g/mol. The van der Waals surface area contributed by atoms with Gasteiger partial charge in [0.25, 0.3) is 0 Å². The Labute approximate surface area is 79.5 Å². The van der Waals surface area contributed by atoms with E-state index in [1.54, 1.807) is 24.3 Å². The van der Waals surface area contributed by atoms with Gasteiger partial charge in [-0.1, -0.05) is 12.1 Å². The van der Waals surface area contributed by atoms with Gasteiger partial charge in [0.05, 0.1) is 6.61 Å². The highest BCUT2D eigenvalue weighted by Gasteiger charge is 2.28. The number of ether oxygens (including phenoxy) is 1. The van der Waals surface area contributed by atoms with Gasteiger partial charge in [-0.15, -0.1) is 13.2 Å². The summed E-state index contributed by atoms with van der Waals surface area (Å²) in [5, 5.41) is 0. The molecule has 2 N–H and O–H groups in total. The third-order valence-corrected chi connectivity index (χ3v) is 1.61. The van der Waals surface area contributed by atoms with Crippen molar-refractivity contribution in [2.75, 3.05) is 12.3 Å². The van der Waals surface area contributed by atoms with E-state index < -0.39 is 6.36 Å². The molecule has 0 amide bonds. The normalized spacial score (nSPS) is 11.6. The van der Waals surface area contributed by atoms with E-state index in [-0.39, 0.29) is 13.0 Å². The fraction of sp³-hybridized carbons (Fsp3) is 0.333. The minimum absolute atomic E-state index is 0.199. The molecule has 0 spiro atoms. The Balaban J connectivity index is 2.39. The van der Waals surface area contributed by atoms with E-state index in [2.05, 4.69) is 4.74 Å². The molecule has 5 heteroatoms. The van der Waals surface area contributed by atoms with Crippen LogP contribution in [0.3, 0.4) is 0 Å². The van der Waals surface area contributed by atoms with E-state index in [1.807, 2.05) is 0 Å². The van der Waals surface area contributed by atoms with Crippen LogP contribution in [0, 0.1) is 0 Å². The summed E-state index contributed by atoms with van der Waals surface area (Å²) in [7, 11) is 0. The van der Waals surface area contributed by atoms with E-state index in [0.29, 0.717) is 5.69 Å². The third-order valence-electron chi connectivity index (χ3n) is 1.61. The zero-order valence-corrected chi connectivity index (χ0v) is 7.34. The SMILES string of the molecule is Nc1cccc(CCOC(F)(F)F)c1. The van der Waals surface area contributed by atoms with Crippen LogP contribution in [0.15, 0.2) is 24.3 Å². The molecular formula is C9H10F3NO. The molecule has 1 aromatic carbocycles. The first kappa shape index (κ1) is 10.8. The highest BCUT2D eigenvalue weighted by molar-refractivity contribution is 5.40. The minimum atomic E-state index is -4.56. The number of halogens is 3. The van der Waals surface area contributed by atoms with Crippen LogP contribution in [-0.4, -0.2) is 13.0 Å². The van der Waals surface area contributed by atoms with Gasteiger partial charge in [-0.25, -0.2) is 0 Å². The standard InChI is InChI=1S/C9H10F3NO/c10-9(11,12)14-5-4-7-2-1-3-8(13)6-7/h1-3,6H,4-5,13H2. The summed E-state index contributed by atoms with van der Waals surface area (Å²) in [6, 6.07) is 6.70. The van der Waals surface area contributed by atoms with E-state index in [1.165, 1.54) is 0 Å². The highest BCUT2D eigenvalue weighted by atomic mass is 19.4. The Hall–Kier alpha value is -1.23. The smallest absolute Gasteiger partial charge is 0.399 e. The van der Waals surface area contributed by atoms with Crippen LogP contribution >= 0.6 is 0 Å². The zero-order valence-electron chi connectivity index (χ0n) is 7.34. The first-order chi connectivity index (χ1) is 6.47. The van der Waals surface area contributed by atoms with Crippen LogP contribution in [0.25, 0.3) is 0 Å². The van der Waals surface area contributed by atoms with Gasteiger partial charge in [0.2, 0.25) is 0 Å². The summed E-state index contributed by atoms with van der Waals surface area (Å²) in [5.41, 5.74) is 6.72. The third kappa shape index (κ3) is 4.13. The molecule has 2 nitrogen and oxygen atoms in total. The number of rotatable bonds is 3. The second kappa shape index (κ2) is 4.32. The summed E-state index contributed by atoms with van der Waals surface area (Å²) in [5.74, 6) is 0. The maximum atomic E-state index is 11.6. The molecule has 14 heavy (non-hydrogen) atoms. The molecular weight excluding hydrogens is 195 g/mol. The van der Waals surface area contributed by atoms with Crippen molar-refractivity contribution in [2.45, 2.75) is 12.8 Å². The van der Waals surface area contributed by atoms with Crippen LogP contribution in [0.2, 0.25) is 0 Å². The maximum absolute atomic E-state index is 11.6. The van der Waals surface area contributed by atoms with Crippen molar-refractivity contribution in [3.05, 3.63) is 29.8 Å². The molecule has 0 aliphatic heterocycles. The lowest BCUT2D eigenvalue weighted by Crippen LogP contribution is -2.15. The van der Waals surface area contributed by atoms with Gasteiger partial charge in [0.15, 0.2) is 0 Å². The molecule has 0 fully saturated rings. The lowest BCUT2D eigenvalue weighted by molar-refractivity contribution is -0.324. The van der Waals surface area contributed by atoms with E-state index in [9.17, 15) is 13.2 Å². The van der Waals surface area contributed by atoms with Crippen molar-refractivity contribution >= 4 is 5.69 Å². The van der Waals surface area contributed by atoms with Gasteiger partial charge < -0.3 is 5.73 Å². The van der Waals surface area contributed by atoms with Gasteiger partial charge in [-0.2, -0.15) is 0 Å². The Kier molecular flexibility index (Phi) is 3.35. The van der Waals surface area contributed by atoms with E-state index in [0.717, 1.165) is 5.56 Å². The zero-order chi connectivity index (χ0) is 10.6. The van der Waals surface area contributed by atoms with Crippen molar-refractivity contribution < 1.29 is 17.9 Å². The summed E-state index contributed by atoms with van der Waals surface area (Å²) in [6.07, 6.45) is -4.36. The largest absolute Gasteiger partial charge is 0.522 e. The second-order valence-electron chi connectivity index (χ2n) is 2.79. The molecule has 0 atom stereocenters. The number of hydrogen-bond acceptors (Lipinski definition) is 2. The fourth-order valence-electron chi connectivity index (χ4n) is 1.03. The van der Waals surface area contributed by atoms with Crippen LogP contribution in [0.1, 0.15) is 5.56 Å². The number of nitrogen functional groups attached to an aromatic ring is 1. The lowest BCUT2D eigenvalue weighted by atomic mass is 10.1. The molecule has 0 saturated heterocycles. The predicted octanol–water partition coefficient (Wildman–Crippen LogP) is 2.35. The molecule has 78 valence electrons. The average molecular weight is 205 g/mol. The van der Waals surface area contributed by atoms with Crippen molar-refractivity contribution in [3.63, 3.8) is 0 Å². The number of benzene rings is 1. The molecule has 0 bridgehead atoms. The van der Waals surface area contributed by atoms with Gasteiger partial charge in [0, 0.05) is 5.69 Å². The molecule has 0 unspecified atom stereocenters. The summed E-state index contributed by atoms with van der Waals surface area (Å²) >= 11 is 0. The predicted molar refractivity (Wildman–Crippen MR) is 46.6 cm³/mol. The highest BCUT2D eigenvalue weighted by Crippen LogP contribution is 2.16. The van der Waals surface area contributed by atoms with Crippen LogP contribution in [-0.2, 0) is 11.2 Å². The average Bonchev–Trinajstić information content (AvgIpc) is 2.01. The Morgan fingerprint density at radius 2 is 2.00 bits per heavy atom. The first-order valence-corrected chi connectivity index (χ1v) is 4.02. The lowest BCUT2D eigenvalue weighted by Gasteiger charge is -2.07.